The molecule has 18 heavy (non-hydrogen) atoms. The normalized spacial score (nSPS) is 26.1. The zero-order chi connectivity index (χ0) is 12.5. The van der Waals surface area contributed by atoms with Crippen LogP contribution in [0.25, 0.3) is 0 Å². The summed E-state index contributed by atoms with van der Waals surface area (Å²) in [6.07, 6.45) is 6.19. The highest BCUT2D eigenvalue weighted by Gasteiger charge is 2.28. The van der Waals surface area contributed by atoms with Crippen LogP contribution in [0, 0.1) is 5.92 Å². The van der Waals surface area contributed by atoms with Gasteiger partial charge in [-0.15, -0.1) is 0 Å². The van der Waals surface area contributed by atoms with Crippen molar-refractivity contribution in [1.82, 2.24) is 0 Å². The summed E-state index contributed by atoms with van der Waals surface area (Å²) < 4.78 is 0. The van der Waals surface area contributed by atoms with Crippen molar-refractivity contribution in [3.63, 3.8) is 0 Å². The fourth-order valence-electron chi connectivity index (χ4n) is 3.23. The molecule has 1 aromatic rings. The number of anilines is 1. The highest BCUT2D eigenvalue weighted by atomic mass is 16.1. The van der Waals surface area contributed by atoms with E-state index in [0.29, 0.717) is 0 Å². The Morgan fingerprint density at radius 2 is 2.17 bits per heavy atom. The number of carbonyl (C=O) groups is 1. The summed E-state index contributed by atoms with van der Waals surface area (Å²) >= 11 is 0. The molecule has 0 aromatic heterocycles. The van der Waals surface area contributed by atoms with E-state index in [1.807, 2.05) is 12.1 Å². The number of fused-ring (bicyclic) bond motifs is 1. The molecule has 1 aromatic carbocycles. The molecule has 2 aliphatic rings. The Morgan fingerprint density at radius 3 is 2.94 bits per heavy atom. The van der Waals surface area contributed by atoms with Crippen LogP contribution < -0.4 is 11.1 Å². The van der Waals surface area contributed by atoms with Gasteiger partial charge in [0.2, 0.25) is 5.91 Å². The number of carbonyl (C=O) groups excluding carboxylic acids is 1. The standard InChI is InChI=1S/C15H20N2O/c16-12-8-7-11(9-12)15(18)17-14-6-2-4-10-3-1-5-13(10)14/h2,4,6,11-12H,1,3,5,7-9,16H2,(H,17,18)/t11-,12+/m1/s1. The number of nitrogens with two attached hydrogens (primary N) is 1. The van der Waals surface area contributed by atoms with Gasteiger partial charge in [-0.25, -0.2) is 0 Å². The highest BCUT2D eigenvalue weighted by Crippen LogP contribution is 2.30. The molecule has 2 atom stereocenters. The molecule has 0 unspecified atom stereocenters. The van der Waals surface area contributed by atoms with Crippen molar-refractivity contribution in [2.24, 2.45) is 11.7 Å². The Balaban J connectivity index is 1.73. The summed E-state index contributed by atoms with van der Waals surface area (Å²) in [6.45, 7) is 0. The van der Waals surface area contributed by atoms with E-state index in [-0.39, 0.29) is 17.9 Å². The van der Waals surface area contributed by atoms with Gasteiger partial charge in [-0.1, -0.05) is 12.1 Å². The maximum atomic E-state index is 12.2. The zero-order valence-corrected chi connectivity index (χ0v) is 10.6. The van der Waals surface area contributed by atoms with Gasteiger partial charge in [-0.05, 0) is 55.7 Å². The Hall–Kier alpha value is -1.35. The Bertz CT molecular complexity index is 470. The van der Waals surface area contributed by atoms with E-state index >= 15 is 0 Å². The minimum atomic E-state index is 0.109. The fourth-order valence-corrected chi connectivity index (χ4v) is 3.23. The zero-order valence-electron chi connectivity index (χ0n) is 10.6. The molecule has 0 spiro atoms. The molecular formula is C15H20N2O. The van der Waals surface area contributed by atoms with Crippen LogP contribution in [0.4, 0.5) is 5.69 Å². The van der Waals surface area contributed by atoms with Crippen LogP contribution in [-0.4, -0.2) is 11.9 Å². The minimum absolute atomic E-state index is 0.109. The monoisotopic (exact) mass is 244 g/mol. The van der Waals surface area contributed by atoms with E-state index in [9.17, 15) is 4.79 Å². The first-order valence-electron chi connectivity index (χ1n) is 6.91. The largest absolute Gasteiger partial charge is 0.328 e. The van der Waals surface area contributed by atoms with Gasteiger partial charge in [-0.2, -0.15) is 0 Å². The van der Waals surface area contributed by atoms with E-state index in [1.165, 1.54) is 17.5 Å². The maximum absolute atomic E-state index is 12.2. The molecule has 3 nitrogen and oxygen atoms in total. The quantitative estimate of drug-likeness (QED) is 0.838. The lowest BCUT2D eigenvalue weighted by molar-refractivity contribution is -0.119. The van der Waals surface area contributed by atoms with Gasteiger partial charge in [0, 0.05) is 17.6 Å². The lowest BCUT2D eigenvalue weighted by atomic mass is 10.0. The summed E-state index contributed by atoms with van der Waals surface area (Å²) in [7, 11) is 0. The molecule has 1 fully saturated rings. The minimum Gasteiger partial charge on any atom is -0.328 e. The second kappa shape index (κ2) is 4.73. The molecule has 3 rings (SSSR count). The number of rotatable bonds is 2. The van der Waals surface area contributed by atoms with Crippen molar-refractivity contribution in [1.29, 1.82) is 0 Å². The second-order valence-corrected chi connectivity index (χ2v) is 5.56. The van der Waals surface area contributed by atoms with E-state index in [1.54, 1.807) is 0 Å². The van der Waals surface area contributed by atoms with Gasteiger partial charge in [0.25, 0.3) is 0 Å². The first kappa shape index (κ1) is 11.7. The van der Waals surface area contributed by atoms with Crippen LogP contribution in [0.5, 0.6) is 0 Å². The molecule has 0 radical (unpaired) electrons. The van der Waals surface area contributed by atoms with Crippen LogP contribution in [0.3, 0.4) is 0 Å². The average Bonchev–Trinajstić information content (AvgIpc) is 2.97. The molecule has 3 heteroatoms. The number of benzene rings is 1. The van der Waals surface area contributed by atoms with Gasteiger partial charge in [-0.3, -0.25) is 4.79 Å². The van der Waals surface area contributed by atoms with E-state index in [0.717, 1.165) is 37.8 Å². The van der Waals surface area contributed by atoms with Crippen molar-refractivity contribution in [2.75, 3.05) is 5.32 Å². The fraction of sp³-hybridized carbons (Fsp3) is 0.533. The van der Waals surface area contributed by atoms with E-state index in [2.05, 4.69) is 11.4 Å². The maximum Gasteiger partial charge on any atom is 0.227 e. The van der Waals surface area contributed by atoms with Crippen LogP contribution in [-0.2, 0) is 17.6 Å². The van der Waals surface area contributed by atoms with Crippen LogP contribution in [0.1, 0.15) is 36.8 Å². The van der Waals surface area contributed by atoms with Crippen LogP contribution in [0.15, 0.2) is 18.2 Å². The van der Waals surface area contributed by atoms with Crippen molar-refractivity contribution >= 4 is 11.6 Å². The summed E-state index contributed by atoms with van der Waals surface area (Å²) in [5, 5.41) is 3.11. The Labute approximate surface area is 108 Å². The summed E-state index contributed by atoms with van der Waals surface area (Å²) in [5.41, 5.74) is 9.63. The topological polar surface area (TPSA) is 55.1 Å². The average molecular weight is 244 g/mol. The lowest BCUT2D eigenvalue weighted by Crippen LogP contribution is -2.23. The van der Waals surface area contributed by atoms with Gasteiger partial charge in [0.15, 0.2) is 0 Å². The number of aryl methyl sites for hydroxylation is 1. The third kappa shape index (κ3) is 2.15. The first-order valence-corrected chi connectivity index (χ1v) is 6.91. The molecule has 3 N–H and O–H groups in total. The van der Waals surface area contributed by atoms with Crippen molar-refractivity contribution in [2.45, 2.75) is 44.6 Å². The second-order valence-electron chi connectivity index (χ2n) is 5.56. The van der Waals surface area contributed by atoms with Gasteiger partial charge >= 0.3 is 0 Å². The molecule has 96 valence electrons. The van der Waals surface area contributed by atoms with Crippen LogP contribution >= 0.6 is 0 Å². The molecular weight excluding hydrogens is 224 g/mol. The van der Waals surface area contributed by atoms with E-state index in [4.69, 9.17) is 5.73 Å². The summed E-state index contributed by atoms with van der Waals surface area (Å²) in [5.74, 6) is 0.264. The van der Waals surface area contributed by atoms with Gasteiger partial charge < -0.3 is 11.1 Å². The summed E-state index contributed by atoms with van der Waals surface area (Å²) in [4.78, 5) is 12.2. The van der Waals surface area contributed by atoms with Gasteiger partial charge in [0.05, 0.1) is 0 Å². The Kier molecular flexibility index (Phi) is 3.08. The molecule has 0 saturated heterocycles. The molecule has 0 aliphatic heterocycles. The van der Waals surface area contributed by atoms with E-state index < -0.39 is 0 Å². The van der Waals surface area contributed by atoms with Gasteiger partial charge in [0.1, 0.15) is 0 Å². The first-order chi connectivity index (χ1) is 8.74. The SMILES string of the molecule is N[C@H]1CC[C@@H](C(=O)Nc2cccc3c2CCC3)C1. The van der Waals surface area contributed by atoms with Crippen LogP contribution in [0.2, 0.25) is 0 Å². The molecule has 0 heterocycles. The smallest absolute Gasteiger partial charge is 0.227 e. The van der Waals surface area contributed by atoms with Crippen molar-refractivity contribution in [3.05, 3.63) is 29.3 Å². The summed E-state index contributed by atoms with van der Waals surface area (Å²) in [6, 6.07) is 6.45. The molecule has 1 amide bonds. The number of nitrogens with one attached hydrogen (secondary N) is 1. The van der Waals surface area contributed by atoms with Crippen molar-refractivity contribution in [3.8, 4) is 0 Å². The number of hydrogen-bond acceptors (Lipinski definition) is 2. The highest BCUT2D eigenvalue weighted by molar-refractivity contribution is 5.93. The molecule has 1 saturated carbocycles. The third-order valence-corrected chi connectivity index (χ3v) is 4.25. The molecule has 2 aliphatic carbocycles. The number of amides is 1. The third-order valence-electron chi connectivity index (χ3n) is 4.25. The number of hydrogen-bond donors (Lipinski definition) is 2. The van der Waals surface area contributed by atoms with Crippen molar-refractivity contribution < 1.29 is 4.79 Å². The lowest BCUT2D eigenvalue weighted by Gasteiger charge is -2.13. The predicted octanol–water partition coefficient (Wildman–Crippen LogP) is 2.24. The Morgan fingerprint density at radius 1 is 1.28 bits per heavy atom. The molecule has 0 bridgehead atoms. The predicted molar refractivity (Wildman–Crippen MR) is 72.4 cm³/mol.